The Balaban J connectivity index is 1.36. The van der Waals surface area contributed by atoms with Gasteiger partial charge in [-0.25, -0.2) is 4.98 Å². The first kappa shape index (κ1) is 17.1. The Morgan fingerprint density at radius 3 is 3.08 bits per heavy atom. The molecule has 0 bridgehead atoms. The maximum absolute atomic E-state index is 12.0. The van der Waals surface area contributed by atoms with Gasteiger partial charge in [-0.05, 0) is 12.8 Å². The number of hydrogen-bond donors (Lipinski definition) is 1. The molecule has 1 saturated heterocycles. The molecule has 2 aliphatic rings. The van der Waals surface area contributed by atoms with Crippen LogP contribution in [0.15, 0.2) is 15.6 Å². The third kappa shape index (κ3) is 4.86. The second-order valence-corrected chi connectivity index (χ2v) is 7.18. The van der Waals surface area contributed by atoms with E-state index in [-0.39, 0.29) is 11.6 Å². The number of amides is 1. The van der Waals surface area contributed by atoms with Crippen LogP contribution in [-0.2, 0) is 22.4 Å². The number of ether oxygens (including phenoxy) is 1. The van der Waals surface area contributed by atoms with E-state index >= 15 is 0 Å². The number of nitrogens with one attached hydrogen (secondary N) is 1. The Bertz CT molecular complexity index is 637. The highest BCUT2D eigenvalue weighted by molar-refractivity contribution is 7.09. The Hall–Kier alpha value is -1.78. The maximum atomic E-state index is 12.0. The van der Waals surface area contributed by atoms with Crippen LogP contribution in [0.5, 0.6) is 0 Å². The van der Waals surface area contributed by atoms with Gasteiger partial charge in [-0.1, -0.05) is 0 Å². The largest absolute Gasteiger partial charge is 0.378 e. The van der Waals surface area contributed by atoms with Crippen molar-refractivity contribution in [1.82, 2.24) is 10.3 Å². The van der Waals surface area contributed by atoms with E-state index in [1.807, 2.05) is 5.38 Å². The van der Waals surface area contributed by atoms with Crippen LogP contribution in [0.2, 0.25) is 0 Å². The minimum Gasteiger partial charge on any atom is -0.378 e. The summed E-state index contributed by atoms with van der Waals surface area (Å²) in [7, 11) is 0. The standard InChI is InChI=1S/C17H22N4O2S/c1-2-3-6-17(20-21-17)7-8-18-15(22)10-13-12-24-16(19-13)11-14-5-4-9-23-14/h1,12,14H,3-11H2,(H,18,22). The lowest BCUT2D eigenvalue weighted by atomic mass is 10.0. The molecule has 0 radical (unpaired) electrons. The first-order chi connectivity index (χ1) is 11.7. The smallest absolute Gasteiger partial charge is 0.226 e. The summed E-state index contributed by atoms with van der Waals surface area (Å²) in [5, 5.41) is 14.0. The molecule has 0 aromatic carbocycles. The van der Waals surface area contributed by atoms with Crippen molar-refractivity contribution in [1.29, 1.82) is 0 Å². The summed E-state index contributed by atoms with van der Waals surface area (Å²) in [5.74, 6) is 2.58. The fraction of sp³-hybridized carbons (Fsp3) is 0.647. The summed E-state index contributed by atoms with van der Waals surface area (Å²) >= 11 is 1.61. The molecular formula is C17H22N4O2S. The molecule has 128 valence electrons. The first-order valence-corrected chi connectivity index (χ1v) is 9.26. The predicted molar refractivity (Wildman–Crippen MR) is 91.8 cm³/mol. The van der Waals surface area contributed by atoms with Crippen LogP contribution in [0.3, 0.4) is 0 Å². The topological polar surface area (TPSA) is 75.9 Å². The molecule has 0 aliphatic carbocycles. The SMILES string of the molecule is C#CCCC1(CCNC(=O)Cc2csc(CC3CCCO3)n2)N=N1. The fourth-order valence-electron chi connectivity index (χ4n) is 2.82. The molecular weight excluding hydrogens is 324 g/mol. The number of carbonyl (C=O) groups is 1. The molecule has 6 nitrogen and oxygen atoms in total. The lowest BCUT2D eigenvalue weighted by Gasteiger charge is -2.09. The van der Waals surface area contributed by atoms with Crippen molar-refractivity contribution >= 4 is 17.2 Å². The number of nitrogens with zero attached hydrogens (tertiary/aromatic N) is 3. The zero-order chi connectivity index (χ0) is 16.8. The van der Waals surface area contributed by atoms with Crippen molar-refractivity contribution in [3.8, 4) is 12.3 Å². The van der Waals surface area contributed by atoms with E-state index in [9.17, 15) is 4.79 Å². The van der Waals surface area contributed by atoms with E-state index in [0.29, 0.717) is 31.9 Å². The zero-order valence-electron chi connectivity index (χ0n) is 13.7. The molecule has 1 amide bonds. The summed E-state index contributed by atoms with van der Waals surface area (Å²) in [5.41, 5.74) is 0.489. The number of thiazole rings is 1. The van der Waals surface area contributed by atoms with Gasteiger partial charge in [0.05, 0.1) is 23.2 Å². The molecule has 1 fully saturated rings. The molecule has 3 rings (SSSR count). The molecule has 7 heteroatoms. The average Bonchev–Trinajstić information content (AvgIpc) is 2.96. The van der Waals surface area contributed by atoms with E-state index in [4.69, 9.17) is 11.2 Å². The van der Waals surface area contributed by atoms with Gasteiger partial charge in [0, 0.05) is 44.2 Å². The van der Waals surface area contributed by atoms with Crippen molar-refractivity contribution in [3.63, 3.8) is 0 Å². The van der Waals surface area contributed by atoms with Gasteiger partial charge in [0.2, 0.25) is 5.91 Å². The highest BCUT2D eigenvalue weighted by Gasteiger charge is 2.38. The van der Waals surface area contributed by atoms with Crippen LogP contribution >= 0.6 is 11.3 Å². The molecule has 0 spiro atoms. The zero-order valence-corrected chi connectivity index (χ0v) is 14.5. The van der Waals surface area contributed by atoms with Gasteiger partial charge in [-0.15, -0.1) is 23.7 Å². The lowest BCUT2D eigenvalue weighted by Crippen LogP contribution is -2.29. The third-order valence-electron chi connectivity index (χ3n) is 4.27. The van der Waals surface area contributed by atoms with Crippen molar-refractivity contribution in [2.75, 3.05) is 13.2 Å². The molecule has 1 unspecified atom stereocenters. The number of aromatic nitrogens is 1. The van der Waals surface area contributed by atoms with Crippen LogP contribution in [0.25, 0.3) is 0 Å². The molecule has 1 aromatic rings. The third-order valence-corrected chi connectivity index (χ3v) is 5.19. The summed E-state index contributed by atoms with van der Waals surface area (Å²) < 4.78 is 5.62. The monoisotopic (exact) mass is 346 g/mol. The highest BCUT2D eigenvalue weighted by atomic mass is 32.1. The maximum Gasteiger partial charge on any atom is 0.226 e. The summed E-state index contributed by atoms with van der Waals surface area (Å²) in [6.07, 6.45) is 11.1. The summed E-state index contributed by atoms with van der Waals surface area (Å²) in [6.45, 7) is 1.41. The fourth-order valence-corrected chi connectivity index (χ4v) is 3.68. The second kappa shape index (κ2) is 7.86. The molecule has 1 atom stereocenters. The average molecular weight is 346 g/mol. The number of carbonyl (C=O) groups excluding carboxylic acids is 1. The van der Waals surface area contributed by atoms with Crippen molar-refractivity contribution in [2.45, 2.75) is 56.7 Å². The minimum atomic E-state index is -0.339. The van der Waals surface area contributed by atoms with Gasteiger partial charge >= 0.3 is 0 Å². The quantitative estimate of drug-likeness (QED) is 0.698. The molecule has 24 heavy (non-hydrogen) atoms. The van der Waals surface area contributed by atoms with Gasteiger partial charge in [0.25, 0.3) is 0 Å². The first-order valence-electron chi connectivity index (χ1n) is 8.38. The van der Waals surface area contributed by atoms with Crippen LogP contribution < -0.4 is 5.32 Å². The van der Waals surface area contributed by atoms with Gasteiger partial charge < -0.3 is 10.1 Å². The Morgan fingerprint density at radius 1 is 1.50 bits per heavy atom. The number of terminal acetylenes is 1. The van der Waals surface area contributed by atoms with E-state index in [2.05, 4.69) is 26.4 Å². The van der Waals surface area contributed by atoms with Crippen molar-refractivity contribution in [2.24, 2.45) is 10.2 Å². The lowest BCUT2D eigenvalue weighted by molar-refractivity contribution is -0.120. The van der Waals surface area contributed by atoms with Gasteiger partial charge in [0.15, 0.2) is 5.66 Å². The van der Waals surface area contributed by atoms with Gasteiger partial charge in [-0.3, -0.25) is 4.79 Å². The molecule has 0 saturated carbocycles. The van der Waals surface area contributed by atoms with E-state index < -0.39 is 0 Å². The Kier molecular flexibility index (Phi) is 5.59. The second-order valence-electron chi connectivity index (χ2n) is 6.24. The molecule has 3 heterocycles. The van der Waals surface area contributed by atoms with E-state index in [1.54, 1.807) is 11.3 Å². The molecule has 2 aliphatic heterocycles. The molecule has 1 aromatic heterocycles. The highest BCUT2D eigenvalue weighted by Crippen LogP contribution is 2.36. The summed E-state index contributed by atoms with van der Waals surface area (Å²) in [4.78, 5) is 16.6. The van der Waals surface area contributed by atoms with Gasteiger partial charge in [-0.2, -0.15) is 10.2 Å². The Morgan fingerprint density at radius 2 is 2.38 bits per heavy atom. The summed E-state index contributed by atoms with van der Waals surface area (Å²) in [6, 6.07) is 0. The van der Waals surface area contributed by atoms with Crippen LogP contribution in [0, 0.1) is 12.3 Å². The minimum absolute atomic E-state index is 0.0169. The van der Waals surface area contributed by atoms with Crippen LogP contribution in [0.1, 0.15) is 42.8 Å². The van der Waals surface area contributed by atoms with Crippen molar-refractivity contribution in [3.05, 3.63) is 16.1 Å². The normalized spacial score (nSPS) is 20.7. The number of rotatable bonds is 9. The Labute approximate surface area is 146 Å². The van der Waals surface area contributed by atoms with Gasteiger partial charge in [0.1, 0.15) is 0 Å². The molecule has 1 N–H and O–H groups in total. The van der Waals surface area contributed by atoms with Crippen LogP contribution in [0.4, 0.5) is 0 Å². The van der Waals surface area contributed by atoms with Crippen LogP contribution in [-0.4, -0.2) is 35.8 Å². The number of hydrogen-bond acceptors (Lipinski definition) is 6. The predicted octanol–water partition coefficient (Wildman–Crippen LogP) is 2.49. The van der Waals surface area contributed by atoms with E-state index in [0.717, 1.165) is 43.0 Å². The van der Waals surface area contributed by atoms with E-state index in [1.165, 1.54) is 0 Å². The van der Waals surface area contributed by atoms with Crippen molar-refractivity contribution < 1.29 is 9.53 Å².